The third-order valence-electron chi connectivity index (χ3n) is 1.76. The van der Waals surface area contributed by atoms with Crippen molar-refractivity contribution in [1.29, 1.82) is 0 Å². The van der Waals surface area contributed by atoms with Crippen LogP contribution in [0.2, 0.25) is 0 Å². The Bertz CT molecular complexity index is 273. The molecule has 0 bridgehead atoms. The predicted octanol–water partition coefficient (Wildman–Crippen LogP) is 1.00. The smallest absolute Gasteiger partial charge is 0.289 e. The van der Waals surface area contributed by atoms with Gasteiger partial charge in [-0.2, -0.15) is 0 Å². The first-order valence-electron chi connectivity index (χ1n) is 4.32. The molecule has 1 rings (SSSR count). The summed E-state index contributed by atoms with van der Waals surface area (Å²) in [5.41, 5.74) is 0. The van der Waals surface area contributed by atoms with E-state index in [9.17, 15) is 4.79 Å². The number of carbonyl (C=O) groups excluding carboxylic acids is 1. The van der Waals surface area contributed by atoms with Gasteiger partial charge in [0, 0.05) is 18.4 Å². The van der Waals surface area contributed by atoms with E-state index in [4.69, 9.17) is 0 Å². The molecule has 0 fully saturated rings. The van der Waals surface area contributed by atoms with Crippen molar-refractivity contribution in [3.8, 4) is 0 Å². The zero-order valence-electron chi connectivity index (χ0n) is 7.82. The highest BCUT2D eigenvalue weighted by Gasteiger charge is 2.09. The van der Waals surface area contributed by atoms with Crippen LogP contribution in [-0.2, 0) is 0 Å². The summed E-state index contributed by atoms with van der Waals surface area (Å²) in [6.07, 6.45) is 4.01. The summed E-state index contributed by atoms with van der Waals surface area (Å²) < 4.78 is 0. The van der Waals surface area contributed by atoms with E-state index in [1.54, 1.807) is 18.5 Å². The lowest BCUT2D eigenvalue weighted by Crippen LogP contribution is -2.33. The van der Waals surface area contributed by atoms with Crippen LogP contribution in [0.1, 0.15) is 30.9 Å². The summed E-state index contributed by atoms with van der Waals surface area (Å²) in [6.45, 7) is 3.96. The van der Waals surface area contributed by atoms with Crippen LogP contribution in [-0.4, -0.2) is 21.9 Å². The Hall–Kier alpha value is -1.45. The van der Waals surface area contributed by atoms with E-state index in [2.05, 4.69) is 15.3 Å². The molecule has 1 amide bonds. The minimum Gasteiger partial charge on any atom is -0.347 e. The van der Waals surface area contributed by atoms with Gasteiger partial charge in [0.25, 0.3) is 5.91 Å². The molecule has 4 nitrogen and oxygen atoms in total. The fraction of sp³-hybridized carbons (Fsp3) is 0.444. The second-order valence-electron chi connectivity index (χ2n) is 2.86. The first kappa shape index (κ1) is 9.64. The zero-order valence-corrected chi connectivity index (χ0v) is 7.82. The Morgan fingerprint density at radius 1 is 1.54 bits per heavy atom. The molecule has 0 aromatic carbocycles. The minimum atomic E-state index is -0.213. The number of nitrogens with zero attached hydrogens (tertiary/aromatic N) is 2. The topological polar surface area (TPSA) is 54.9 Å². The molecule has 1 atom stereocenters. The summed E-state index contributed by atoms with van der Waals surface area (Å²) in [4.78, 5) is 19.1. The normalized spacial score (nSPS) is 12.2. The predicted molar refractivity (Wildman–Crippen MR) is 49.3 cm³/mol. The van der Waals surface area contributed by atoms with Crippen molar-refractivity contribution in [2.75, 3.05) is 0 Å². The van der Waals surface area contributed by atoms with E-state index in [1.165, 1.54) is 0 Å². The number of nitrogens with one attached hydrogen (secondary N) is 1. The van der Waals surface area contributed by atoms with Crippen molar-refractivity contribution >= 4 is 5.91 Å². The fourth-order valence-electron chi connectivity index (χ4n) is 0.807. The molecule has 1 heterocycles. The Morgan fingerprint density at radius 2 is 2.15 bits per heavy atom. The van der Waals surface area contributed by atoms with Gasteiger partial charge in [0.2, 0.25) is 5.82 Å². The van der Waals surface area contributed by atoms with E-state index in [0.717, 1.165) is 6.42 Å². The maximum atomic E-state index is 11.4. The Labute approximate surface area is 77.4 Å². The molecule has 13 heavy (non-hydrogen) atoms. The quantitative estimate of drug-likeness (QED) is 0.753. The zero-order chi connectivity index (χ0) is 9.68. The molecular weight excluding hydrogens is 166 g/mol. The van der Waals surface area contributed by atoms with Gasteiger partial charge in [-0.15, -0.1) is 0 Å². The molecule has 1 N–H and O–H groups in total. The van der Waals surface area contributed by atoms with Crippen LogP contribution in [0.15, 0.2) is 18.5 Å². The average molecular weight is 179 g/mol. The van der Waals surface area contributed by atoms with E-state index >= 15 is 0 Å². The fourth-order valence-corrected chi connectivity index (χ4v) is 0.807. The van der Waals surface area contributed by atoms with Crippen molar-refractivity contribution in [3.63, 3.8) is 0 Å². The number of carbonyl (C=O) groups is 1. The van der Waals surface area contributed by atoms with Gasteiger partial charge in [0.05, 0.1) is 0 Å². The van der Waals surface area contributed by atoms with E-state index < -0.39 is 0 Å². The highest BCUT2D eigenvalue weighted by atomic mass is 16.2. The van der Waals surface area contributed by atoms with Gasteiger partial charge in [-0.05, 0) is 19.4 Å². The SMILES string of the molecule is CCC(C)NC(=O)c1ncccn1. The molecule has 0 saturated heterocycles. The summed E-state index contributed by atoms with van der Waals surface area (Å²) in [7, 11) is 0. The van der Waals surface area contributed by atoms with Crippen LogP contribution in [0, 0.1) is 0 Å². The van der Waals surface area contributed by atoms with Crippen molar-refractivity contribution in [2.24, 2.45) is 0 Å². The molecule has 1 unspecified atom stereocenters. The standard InChI is InChI=1S/C9H13N3O/c1-3-7(2)12-9(13)8-10-5-4-6-11-8/h4-7H,3H2,1-2H3,(H,12,13). The molecule has 1 aromatic heterocycles. The number of rotatable bonds is 3. The first-order chi connectivity index (χ1) is 6.24. The van der Waals surface area contributed by atoms with E-state index in [1.807, 2.05) is 13.8 Å². The van der Waals surface area contributed by atoms with Crippen LogP contribution < -0.4 is 5.32 Å². The molecule has 0 spiro atoms. The maximum Gasteiger partial charge on any atom is 0.289 e. The lowest BCUT2D eigenvalue weighted by atomic mass is 10.2. The highest BCUT2D eigenvalue weighted by molar-refractivity contribution is 5.90. The summed E-state index contributed by atoms with van der Waals surface area (Å²) in [5.74, 6) is 0.0118. The largest absolute Gasteiger partial charge is 0.347 e. The van der Waals surface area contributed by atoms with Crippen molar-refractivity contribution in [2.45, 2.75) is 26.3 Å². The van der Waals surface area contributed by atoms with Crippen LogP contribution in [0.4, 0.5) is 0 Å². The van der Waals surface area contributed by atoms with Crippen LogP contribution in [0.3, 0.4) is 0 Å². The summed E-state index contributed by atoms with van der Waals surface area (Å²) in [5, 5.41) is 2.78. The summed E-state index contributed by atoms with van der Waals surface area (Å²) in [6, 6.07) is 1.84. The van der Waals surface area contributed by atoms with Gasteiger partial charge >= 0.3 is 0 Å². The van der Waals surface area contributed by atoms with Gasteiger partial charge in [0.1, 0.15) is 0 Å². The number of hydrogen-bond acceptors (Lipinski definition) is 3. The maximum absolute atomic E-state index is 11.4. The Morgan fingerprint density at radius 3 is 2.69 bits per heavy atom. The number of aromatic nitrogens is 2. The second kappa shape index (κ2) is 4.54. The molecule has 0 radical (unpaired) electrons. The number of hydrogen-bond donors (Lipinski definition) is 1. The van der Waals surface area contributed by atoms with Gasteiger partial charge < -0.3 is 5.32 Å². The lowest BCUT2D eigenvalue weighted by molar-refractivity contribution is 0.0928. The molecular formula is C9H13N3O. The first-order valence-corrected chi connectivity index (χ1v) is 4.32. The van der Waals surface area contributed by atoms with Crippen molar-refractivity contribution in [1.82, 2.24) is 15.3 Å². The van der Waals surface area contributed by atoms with Gasteiger partial charge in [-0.3, -0.25) is 4.79 Å². The molecule has 1 aromatic rings. The number of amides is 1. The van der Waals surface area contributed by atoms with Crippen LogP contribution >= 0.6 is 0 Å². The van der Waals surface area contributed by atoms with E-state index in [-0.39, 0.29) is 17.8 Å². The summed E-state index contributed by atoms with van der Waals surface area (Å²) >= 11 is 0. The molecule has 0 saturated carbocycles. The highest BCUT2D eigenvalue weighted by Crippen LogP contribution is 1.92. The molecule has 0 aliphatic heterocycles. The van der Waals surface area contributed by atoms with Gasteiger partial charge in [0.15, 0.2) is 0 Å². The third-order valence-corrected chi connectivity index (χ3v) is 1.76. The van der Waals surface area contributed by atoms with E-state index in [0.29, 0.717) is 0 Å². The molecule has 4 heteroatoms. The molecule has 0 aliphatic rings. The second-order valence-corrected chi connectivity index (χ2v) is 2.86. The average Bonchev–Trinajstić information content (AvgIpc) is 2.19. The van der Waals surface area contributed by atoms with Crippen molar-refractivity contribution < 1.29 is 4.79 Å². The van der Waals surface area contributed by atoms with Crippen LogP contribution in [0.5, 0.6) is 0 Å². The van der Waals surface area contributed by atoms with Crippen molar-refractivity contribution in [3.05, 3.63) is 24.3 Å². The Balaban J connectivity index is 2.59. The lowest BCUT2D eigenvalue weighted by Gasteiger charge is -2.09. The molecule has 0 aliphatic carbocycles. The minimum absolute atomic E-state index is 0.163. The van der Waals surface area contributed by atoms with Gasteiger partial charge in [-0.25, -0.2) is 9.97 Å². The monoisotopic (exact) mass is 179 g/mol. The molecule has 70 valence electrons. The van der Waals surface area contributed by atoms with Crippen LogP contribution in [0.25, 0.3) is 0 Å². The Kier molecular flexibility index (Phi) is 3.37. The van der Waals surface area contributed by atoms with Gasteiger partial charge in [-0.1, -0.05) is 6.92 Å². The third kappa shape index (κ3) is 2.82.